The molecule has 3 aromatic rings. The lowest BCUT2D eigenvalue weighted by molar-refractivity contribution is 0.582. The molecule has 5 N–H and O–H groups in total. The fraction of sp³-hybridized carbons (Fsp3) is 0.278. The summed E-state index contributed by atoms with van der Waals surface area (Å²) in [5.41, 5.74) is 7.00. The Hall–Kier alpha value is -2.53. The Morgan fingerprint density at radius 3 is 2.86 bits per heavy atom. The number of aromatic amines is 1. The maximum Gasteiger partial charge on any atom is 0.240 e. The molecular formula is C18H20ClN7O2S. The van der Waals surface area contributed by atoms with Gasteiger partial charge in [0.2, 0.25) is 10.0 Å². The summed E-state index contributed by atoms with van der Waals surface area (Å²) >= 11 is 6.23. The largest absolute Gasteiger partial charge is 0.329 e. The molecule has 0 unspecified atom stereocenters. The van der Waals surface area contributed by atoms with E-state index in [4.69, 9.17) is 17.3 Å². The molecule has 152 valence electrons. The number of aromatic nitrogens is 4. The molecule has 29 heavy (non-hydrogen) atoms. The number of hydrogen-bond donors (Lipinski definition) is 4. The van der Waals surface area contributed by atoms with E-state index in [1.165, 1.54) is 31.2 Å². The van der Waals surface area contributed by atoms with Crippen molar-refractivity contribution in [1.29, 1.82) is 0 Å². The van der Waals surface area contributed by atoms with E-state index in [1.807, 2.05) is 6.07 Å². The number of anilines is 2. The average Bonchev–Trinajstić information content (AvgIpc) is 3.47. The standard InChI is InChI=1S/C18H20ClN7O2S/c19-14-10-21-17(12-2-1-3-13(8-12)29(27,28)22-7-6-20)24-18(14)23-16-9-15(25-26-16)11-4-5-11/h1-3,8-11,22H,4-7,20H2,(H2,21,23,24,25,26). The van der Waals surface area contributed by atoms with Crippen LogP contribution in [0, 0.1) is 0 Å². The fourth-order valence-corrected chi connectivity index (χ4v) is 4.03. The highest BCUT2D eigenvalue weighted by Crippen LogP contribution is 2.39. The lowest BCUT2D eigenvalue weighted by Crippen LogP contribution is -2.29. The highest BCUT2D eigenvalue weighted by atomic mass is 35.5. The van der Waals surface area contributed by atoms with Crippen molar-refractivity contribution in [2.24, 2.45) is 5.73 Å². The Morgan fingerprint density at radius 2 is 2.10 bits per heavy atom. The number of hydrogen-bond acceptors (Lipinski definition) is 7. The summed E-state index contributed by atoms with van der Waals surface area (Å²) in [6, 6.07) is 8.31. The van der Waals surface area contributed by atoms with Gasteiger partial charge in [-0.2, -0.15) is 5.10 Å². The van der Waals surface area contributed by atoms with Gasteiger partial charge >= 0.3 is 0 Å². The molecule has 0 amide bonds. The summed E-state index contributed by atoms with van der Waals surface area (Å²) in [5, 5.41) is 10.7. The number of nitrogens with one attached hydrogen (secondary N) is 3. The minimum absolute atomic E-state index is 0.109. The second-order valence-electron chi connectivity index (χ2n) is 6.71. The molecule has 1 saturated carbocycles. The van der Waals surface area contributed by atoms with E-state index in [0.29, 0.717) is 34.0 Å². The van der Waals surface area contributed by atoms with E-state index in [-0.39, 0.29) is 18.0 Å². The topological polar surface area (TPSA) is 139 Å². The fourth-order valence-electron chi connectivity index (χ4n) is 2.80. The monoisotopic (exact) mass is 433 g/mol. The summed E-state index contributed by atoms with van der Waals surface area (Å²) in [7, 11) is -3.66. The Bertz CT molecular complexity index is 1130. The van der Waals surface area contributed by atoms with Gasteiger partial charge in [-0.3, -0.25) is 5.10 Å². The van der Waals surface area contributed by atoms with E-state index in [9.17, 15) is 8.42 Å². The molecule has 1 aromatic carbocycles. The number of benzene rings is 1. The second kappa shape index (κ2) is 8.07. The minimum atomic E-state index is -3.66. The molecule has 1 aliphatic carbocycles. The number of sulfonamides is 1. The molecular weight excluding hydrogens is 414 g/mol. The maximum absolute atomic E-state index is 12.3. The third-order valence-electron chi connectivity index (χ3n) is 4.44. The van der Waals surface area contributed by atoms with Crippen molar-refractivity contribution < 1.29 is 8.42 Å². The van der Waals surface area contributed by atoms with Crippen LogP contribution in [0.1, 0.15) is 24.5 Å². The third-order valence-corrected chi connectivity index (χ3v) is 6.18. The van der Waals surface area contributed by atoms with Crippen molar-refractivity contribution in [3.63, 3.8) is 0 Å². The van der Waals surface area contributed by atoms with Crippen molar-refractivity contribution in [2.45, 2.75) is 23.7 Å². The molecule has 11 heteroatoms. The van der Waals surface area contributed by atoms with Gasteiger partial charge in [0.05, 0.1) is 11.1 Å². The SMILES string of the molecule is NCCNS(=O)(=O)c1cccc(-c2ncc(Cl)c(Nc3cc(C4CC4)[nH]n3)n2)c1. The van der Waals surface area contributed by atoms with Gasteiger partial charge in [0.15, 0.2) is 17.5 Å². The van der Waals surface area contributed by atoms with Crippen molar-refractivity contribution in [2.75, 3.05) is 18.4 Å². The van der Waals surface area contributed by atoms with Crippen LogP contribution in [-0.4, -0.2) is 41.7 Å². The van der Waals surface area contributed by atoms with E-state index in [1.54, 1.807) is 12.1 Å². The molecule has 1 fully saturated rings. The van der Waals surface area contributed by atoms with Gasteiger partial charge < -0.3 is 11.1 Å². The highest BCUT2D eigenvalue weighted by molar-refractivity contribution is 7.89. The first kappa shape index (κ1) is 19.8. The zero-order chi connectivity index (χ0) is 20.4. The molecule has 0 spiro atoms. The second-order valence-corrected chi connectivity index (χ2v) is 8.89. The van der Waals surface area contributed by atoms with Crippen molar-refractivity contribution in [3.8, 4) is 11.4 Å². The molecule has 0 atom stereocenters. The average molecular weight is 434 g/mol. The van der Waals surface area contributed by atoms with E-state index in [0.717, 1.165) is 5.69 Å². The molecule has 4 rings (SSSR count). The van der Waals surface area contributed by atoms with Gasteiger partial charge in [0.1, 0.15) is 5.02 Å². The lowest BCUT2D eigenvalue weighted by Gasteiger charge is -2.09. The van der Waals surface area contributed by atoms with Crippen molar-refractivity contribution >= 4 is 33.3 Å². The van der Waals surface area contributed by atoms with Gasteiger partial charge in [0, 0.05) is 36.3 Å². The zero-order valence-electron chi connectivity index (χ0n) is 15.4. The smallest absolute Gasteiger partial charge is 0.240 e. The molecule has 2 heterocycles. The van der Waals surface area contributed by atoms with Crippen LogP contribution in [0.2, 0.25) is 5.02 Å². The summed E-state index contributed by atoms with van der Waals surface area (Å²) in [5.74, 6) is 1.89. The van der Waals surface area contributed by atoms with E-state index in [2.05, 4.69) is 30.2 Å². The predicted octanol–water partition coefficient (Wildman–Crippen LogP) is 2.38. The summed E-state index contributed by atoms with van der Waals surface area (Å²) in [4.78, 5) is 8.79. The van der Waals surface area contributed by atoms with Crippen LogP contribution in [0.25, 0.3) is 11.4 Å². The highest BCUT2D eigenvalue weighted by Gasteiger charge is 2.25. The number of nitrogens with zero attached hydrogens (tertiary/aromatic N) is 3. The lowest BCUT2D eigenvalue weighted by atomic mass is 10.2. The van der Waals surface area contributed by atoms with Gasteiger partial charge in [-0.15, -0.1) is 0 Å². The Balaban J connectivity index is 1.60. The first-order valence-corrected chi connectivity index (χ1v) is 11.0. The predicted molar refractivity (Wildman–Crippen MR) is 111 cm³/mol. The van der Waals surface area contributed by atoms with Crippen molar-refractivity contribution in [3.05, 3.63) is 47.2 Å². The summed E-state index contributed by atoms with van der Waals surface area (Å²) in [6.45, 7) is 0.370. The molecule has 0 aliphatic heterocycles. The van der Waals surface area contributed by atoms with Crippen LogP contribution in [-0.2, 0) is 10.0 Å². The first-order chi connectivity index (χ1) is 14.0. The molecule has 0 saturated heterocycles. The van der Waals surface area contributed by atoms with Crippen LogP contribution in [0.15, 0.2) is 41.4 Å². The van der Waals surface area contributed by atoms with Gasteiger partial charge in [-0.1, -0.05) is 23.7 Å². The van der Waals surface area contributed by atoms with Crippen LogP contribution in [0.3, 0.4) is 0 Å². The maximum atomic E-state index is 12.3. The van der Waals surface area contributed by atoms with Crippen LogP contribution in [0.4, 0.5) is 11.6 Å². The van der Waals surface area contributed by atoms with Crippen LogP contribution >= 0.6 is 11.6 Å². The van der Waals surface area contributed by atoms with Crippen molar-refractivity contribution in [1.82, 2.24) is 24.9 Å². The molecule has 1 aliphatic rings. The Morgan fingerprint density at radius 1 is 1.28 bits per heavy atom. The molecule has 2 aromatic heterocycles. The molecule has 0 radical (unpaired) electrons. The third kappa shape index (κ3) is 4.56. The van der Waals surface area contributed by atoms with E-state index >= 15 is 0 Å². The molecule has 0 bridgehead atoms. The number of H-pyrrole nitrogens is 1. The van der Waals surface area contributed by atoms with Crippen LogP contribution < -0.4 is 15.8 Å². The number of rotatable bonds is 8. The van der Waals surface area contributed by atoms with Gasteiger partial charge in [-0.25, -0.2) is 23.1 Å². The summed E-state index contributed by atoms with van der Waals surface area (Å²) in [6.07, 6.45) is 3.80. The Labute approximate surface area is 173 Å². The minimum Gasteiger partial charge on any atom is -0.329 e. The Kier molecular flexibility index (Phi) is 5.50. The van der Waals surface area contributed by atoms with E-state index < -0.39 is 10.0 Å². The summed E-state index contributed by atoms with van der Waals surface area (Å²) < 4.78 is 27.1. The van der Waals surface area contributed by atoms with Gasteiger partial charge in [-0.05, 0) is 25.0 Å². The van der Waals surface area contributed by atoms with Crippen LogP contribution in [0.5, 0.6) is 0 Å². The van der Waals surface area contributed by atoms with Gasteiger partial charge in [0.25, 0.3) is 0 Å². The first-order valence-electron chi connectivity index (χ1n) is 9.11. The normalized spacial score (nSPS) is 14.1. The molecule has 9 nitrogen and oxygen atoms in total. The zero-order valence-corrected chi connectivity index (χ0v) is 17.0. The number of halogens is 1. The number of nitrogens with two attached hydrogens (primary N) is 1. The quantitative estimate of drug-likeness (QED) is 0.427.